The highest BCUT2D eigenvalue weighted by Gasteiger charge is 2.45. The van der Waals surface area contributed by atoms with E-state index in [2.05, 4.69) is 6.92 Å². The third kappa shape index (κ3) is 5.80. The van der Waals surface area contributed by atoms with Crippen LogP contribution in [0.5, 0.6) is 5.75 Å². The van der Waals surface area contributed by atoms with Gasteiger partial charge in [0.1, 0.15) is 11.5 Å². The highest BCUT2D eigenvalue weighted by molar-refractivity contribution is 6.46. The largest absolute Gasteiger partial charge is 0.507 e. The van der Waals surface area contributed by atoms with Crippen LogP contribution >= 0.6 is 11.6 Å². The molecule has 1 saturated heterocycles. The second kappa shape index (κ2) is 11.5. The zero-order chi connectivity index (χ0) is 24.8. The van der Waals surface area contributed by atoms with E-state index in [0.29, 0.717) is 35.9 Å². The Kier molecular flexibility index (Phi) is 8.75. The number of ether oxygens (including phenoxy) is 1. The number of ketones is 1. The number of rotatable bonds is 10. The fourth-order valence-electron chi connectivity index (χ4n) is 4.13. The minimum absolute atomic E-state index is 0.0972. The van der Waals surface area contributed by atoms with Crippen molar-refractivity contribution in [2.24, 2.45) is 0 Å². The van der Waals surface area contributed by atoms with E-state index in [0.717, 1.165) is 30.5 Å². The lowest BCUT2D eigenvalue weighted by Gasteiger charge is -2.26. The van der Waals surface area contributed by atoms with Crippen LogP contribution in [0.3, 0.4) is 0 Å². The predicted molar refractivity (Wildman–Crippen MR) is 135 cm³/mol. The number of halogens is 1. The molecule has 1 heterocycles. The summed E-state index contributed by atoms with van der Waals surface area (Å²) in [7, 11) is 3.92. The monoisotopic (exact) mass is 484 g/mol. The van der Waals surface area contributed by atoms with Gasteiger partial charge in [0.05, 0.1) is 18.2 Å². The van der Waals surface area contributed by atoms with Crippen molar-refractivity contribution in [1.82, 2.24) is 9.80 Å². The van der Waals surface area contributed by atoms with Gasteiger partial charge in [-0.1, -0.05) is 37.1 Å². The maximum Gasteiger partial charge on any atom is 0.295 e. The summed E-state index contributed by atoms with van der Waals surface area (Å²) in [6, 6.07) is 11.7. The molecule has 182 valence electrons. The summed E-state index contributed by atoms with van der Waals surface area (Å²) < 4.78 is 5.76. The van der Waals surface area contributed by atoms with Crippen LogP contribution in [0.25, 0.3) is 5.76 Å². The van der Waals surface area contributed by atoms with E-state index < -0.39 is 17.7 Å². The Morgan fingerprint density at radius 1 is 1.12 bits per heavy atom. The van der Waals surface area contributed by atoms with Gasteiger partial charge < -0.3 is 19.6 Å². The summed E-state index contributed by atoms with van der Waals surface area (Å²) in [5, 5.41) is 11.9. The van der Waals surface area contributed by atoms with Crippen LogP contribution in [0.2, 0.25) is 5.02 Å². The number of Topliss-reactive ketones (excluding diaryl/α,β-unsaturated/α-hetero) is 1. The summed E-state index contributed by atoms with van der Waals surface area (Å²) in [5.41, 5.74) is 2.10. The van der Waals surface area contributed by atoms with Crippen LogP contribution < -0.4 is 4.74 Å². The van der Waals surface area contributed by atoms with Crippen molar-refractivity contribution in [3.05, 3.63) is 69.8 Å². The average molecular weight is 485 g/mol. The van der Waals surface area contributed by atoms with Crippen molar-refractivity contribution in [3.8, 4) is 5.75 Å². The van der Waals surface area contributed by atoms with Crippen molar-refractivity contribution in [2.75, 3.05) is 33.8 Å². The van der Waals surface area contributed by atoms with Crippen LogP contribution in [0, 0.1) is 6.92 Å². The lowest BCUT2D eigenvalue weighted by molar-refractivity contribution is -0.139. The van der Waals surface area contributed by atoms with Crippen molar-refractivity contribution >= 4 is 29.1 Å². The number of unbranched alkanes of at least 4 members (excludes halogenated alkanes) is 1. The highest BCUT2D eigenvalue weighted by Crippen LogP contribution is 2.40. The Labute approximate surface area is 206 Å². The first-order chi connectivity index (χ1) is 16.2. The number of carbonyl (C=O) groups is 2. The van der Waals surface area contributed by atoms with E-state index in [-0.39, 0.29) is 11.3 Å². The molecule has 1 N–H and O–H groups in total. The Morgan fingerprint density at radius 2 is 1.82 bits per heavy atom. The lowest BCUT2D eigenvalue weighted by Crippen LogP contribution is -2.32. The number of carbonyl (C=O) groups excluding carboxylic acids is 2. The molecule has 3 rings (SSSR count). The number of aryl methyl sites for hydroxylation is 1. The van der Waals surface area contributed by atoms with Gasteiger partial charge in [0, 0.05) is 17.1 Å². The smallest absolute Gasteiger partial charge is 0.295 e. The number of hydrogen-bond donors (Lipinski definition) is 1. The molecule has 0 radical (unpaired) electrons. The van der Waals surface area contributed by atoms with E-state index >= 15 is 0 Å². The van der Waals surface area contributed by atoms with Crippen LogP contribution in [-0.2, 0) is 9.59 Å². The Balaban J connectivity index is 2.02. The van der Waals surface area contributed by atoms with Gasteiger partial charge in [0.25, 0.3) is 11.7 Å². The molecule has 0 spiro atoms. The average Bonchev–Trinajstić information content (AvgIpc) is 3.04. The summed E-state index contributed by atoms with van der Waals surface area (Å²) in [5.74, 6) is -0.741. The molecule has 7 heteroatoms. The number of nitrogens with zero attached hydrogens (tertiary/aromatic N) is 2. The van der Waals surface area contributed by atoms with Crippen molar-refractivity contribution in [3.63, 3.8) is 0 Å². The number of aliphatic hydroxyl groups excluding tert-OH is 1. The third-order valence-electron chi connectivity index (χ3n) is 5.95. The molecule has 1 amide bonds. The summed E-state index contributed by atoms with van der Waals surface area (Å²) >= 11 is 6.08. The molecular formula is C27H33ClN2O4. The summed E-state index contributed by atoms with van der Waals surface area (Å²) in [6.45, 7) is 5.75. The third-order valence-corrected chi connectivity index (χ3v) is 6.20. The first kappa shape index (κ1) is 25.8. The quantitative estimate of drug-likeness (QED) is 0.217. The molecule has 34 heavy (non-hydrogen) atoms. The van der Waals surface area contributed by atoms with E-state index in [1.165, 1.54) is 0 Å². The molecule has 0 aliphatic carbocycles. The molecule has 6 nitrogen and oxygen atoms in total. The van der Waals surface area contributed by atoms with Crippen LogP contribution in [-0.4, -0.2) is 60.4 Å². The van der Waals surface area contributed by atoms with E-state index in [9.17, 15) is 14.7 Å². The molecule has 0 saturated carbocycles. The molecule has 2 aromatic carbocycles. The molecule has 0 bridgehead atoms. The minimum Gasteiger partial charge on any atom is -0.507 e. The zero-order valence-corrected chi connectivity index (χ0v) is 21.1. The number of aliphatic hydroxyl groups is 1. The van der Waals surface area contributed by atoms with Gasteiger partial charge in [-0.3, -0.25) is 9.59 Å². The van der Waals surface area contributed by atoms with Gasteiger partial charge in [0.2, 0.25) is 0 Å². The Hall–Kier alpha value is -2.83. The van der Waals surface area contributed by atoms with Gasteiger partial charge in [-0.25, -0.2) is 0 Å². The minimum atomic E-state index is -0.681. The van der Waals surface area contributed by atoms with Gasteiger partial charge in [-0.2, -0.15) is 0 Å². The van der Waals surface area contributed by atoms with Gasteiger partial charge in [0.15, 0.2) is 0 Å². The van der Waals surface area contributed by atoms with Crippen LogP contribution in [0.15, 0.2) is 48.0 Å². The number of likely N-dealkylation sites (tertiary alicyclic amines) is 1. The van der Waals surface area contributed by atoms with E-state index in [1.807, 2.05) is 32.0 Å². The van der Waals surface area contributed by atoms with E-state index in [1.54, 1.807) is 41.3 Å². The zero-order valence-electron chi connectivity index (χ0n) is 20.3. The number of amides is 1. The standard InChI is InChI=1S/C27H33ClN2O4/c1-5-6-16-34-21-12-13-22(18(2)17-21)25(31)23-24(19-8-10-20(28)11-9-19)30(27(33)26(23)32)15-7-14-29(3)4/h8-13,17,24,31H,5-7,14-16H2,1-4H3/t24-/m1/s1. The predicted octanol–water partition coefficient (Wildman–Crippen LogP) is 5.20. The molecule has 1 fully saturated rings. The molecule has 2 aromatic rings. The Morgan fingerprint density at radius 3 is 2.44 bits per heavy atom. The highest BCUT2D eigenvalue weighted by atomic mass is 35.5. The summed E-state index contributed by atoms with van der Waals surface area (Å²) in [6.07, 6.45) is 2.70. The Bertz CT molecular complexity index is 1060. The lowest BCUT2D eigenvalue weighted by atomic mass is 9.94. The van der Waals surface area contributed by atoms with Crippen LogP contribution in [0.1, 0.15) is 48.9 Å². The van der Waals surface area contributed by atoms with Gasteiger partial charge in [-0.15, -0.1) is 0 Å². The topological polar surface area (TPSA) is 70.1 Å². The molecular weight excluding hydrogens is 452 g/mol. The maximum atomic E-state index is 13.2. The molecule has 1 aliphatic heterocycles. The van der Waals surface area contributed by atoms with E-state index in [4.69, 9.17) is 16.3 Å². The second-order valence-electron chi connectivity index (χ2n) is 8.88. The number of hydrogen-bond acceptors (Lipinski definition) is 5. The van der Waals surface area contributed by atoms with Gasteiger partial charge >= 0.3 is 0 Å². The first-order valence-corrected chi connectivity index (χ1v) is 12.0. The second-order valence-corrected chi connectivity index (χ2v) is 9.32. The fraction of sp³-hybridized carbons (Fsp3) is 0.407. The number of benzene rings is 2. The molecule has 1 aliphatic rings. The molecule has 1 atom stereocenters. The SMILES string of the molecule is CCCCOc1ccc(C(O)=C2C(=O)C(=O)N(CCCN(C)C)[C@@H]2c2ccc(Cl)cc2)c(C)c1. The molecule has 0 aromatic heterocycles. The van der Waals surface area contributed by atoms with Crippen molar-refractivity contribution in [1.29, 1.82) is 0 Å². The van der Waals surface area contributed by atoms with Crippen molar-refractivity contribution < 1.29 is 19.4 Å². The normalized spacial score (nSPS) is 17.6. The molecule has 0 unspecified atom stereocenters. The summed E-state index contributed by atoms with van der Waals surface area (Å²) in [4.78, 5) is 29.8. The van der Waals surface area contributed by atoms with Gasteiger partial charge in [-0.05, 0) is 81.9 Å². The fourth-order valence-corrected chi connectivity index (χ4v) is 4.26. The van der Waals surface area contributed by atoms with Crippen LogP contribution in [0.4, 0.5) is 0 Å². The first-order valence-electron chi connectivity index (χ1n) is 11.7. The maximum absolute atomic E-state index is 13.2. The van der Waals surface area contributed by atoms with Crippen molar-refractivity contribution in [2.45, 2.75) is 39.2 Å².